The van der Waals surface area contributed by atoms with Crippen molar-refractivity contribution in [1.29, 1.82) is 0 Å². The van der Waals surface area contributed by atoms with Gasteiger partial charge in [0.1, 0.15) is 5.75 Å². The number of nitrogens with zero attached hydrogens (tertiary/aromatic N) is 3. The molecule has 1 N–H and O–H groups in total. The van der Waals surface area contributed by atoms with Crippen molar-refractivity contribution in [3.63, 3.8) is 0 Å². The van der Waals surface area contributed by atoms with Gasteiger partial charge >= 0.3 is 6.01 Å². The van der Waals surface area contributed by atoms with Crippen LogP contribution in [0, 0.1) is 5.92 Å². The summed E-state index contributed by atoms with van der Waals surface area (Å²) < 4.78 is 10.6. The predicted molar refractivity (Wildman–Crippen MR) is 94.5 cm³/mol. The number of amides is 1. The van der Waals surface area contributed by atoms with Gasteiger partial charge in [-0.15, -0.1) is 0 Å². The fourth-order valence-corrected chi connectivity index (χ4v) is 2.97. The van der Waals surface area contributed by atoms with Crippen molar-refractivity contribution in [3.05, 3.63) is 24.3 Å². The summed E-state index contributed by atoms with van der Waals surface area (Å²) in [6.45, 7) is 5.35. The molecule has 0 aliphatic carbocycles. The number of rotatable bonds is 5. The Morgan fingerprint density at radius 1 is 1.36 bits per heavy atom. The maximum Gasteiger partial charge on any atom is 0.324 e. The third-order valence-corrected chi connectivity index (χ3v) is 4.26. The summed E-state index contributed by atoms with van der Waals surface area (Å²) >= 11 is 0. The quantitative estimate of drug-likeness (QED) is 0.897. The zero-order valence-corrected chi connectivity index (χ0v) is 14.9. The summed E-state index contributed by atoms with van der Waals surface area (Å²) in [4.78, 5) is 18.7. The molecular formula is C18H24N4O3. The third-order valence-electron chi connectivity index (χ3n) is 4.26. The lowest BCUT2D eigenvalue weighted by atomic mass is 9.97. The van der Waals surface area contributed by atoms with Crippen LogP contribution in [0.25, 0.3) is 11.4 Å². The van der Waals surface area contributed by atoms with Gasteiger partial charge in [-0.25, -0.2) is 0 Å². The van der Waals surface area contributed by atoms with Gasteiger partial charge < -0.3 is 19.5 Å². The highest BCUT2D eigenvalue weighted by Crippen LogP contribution is 2.25. The first-order chi connectivity index (χ1) is 12.1. The lowest BCUT2D eigenvalue weighted by Gasteiger charge is -2.30. The number of piperidine rings is 1. The van der Waals surface area contributed by atoms with Crippen molar-refractivity contribution >= 4 is 11.9 Å². The lowest BCUT2D eigenvalue weighted by molar-refractivity contribution is -0.125. The van der Waals surface area contributed by atoms with Gasteiger partial charge in [0.25, 0.3) is 0 Å². The molecule has 2 aromatic rings. The van der Waals surface area contributed by atoms with Crippen LogP contribution in [0.1, 0.15) is 26.7 Å². The van der Waals surface area contributed by atoms with Crippen molar-refractivity contribution < 1.29 is 14.1 Å². The second kappa shape index (κ2) is 7.55. The van der Waals surface area contributed by atoms with Crippen molar-refractivity contribution in [3.8, 4) is 17.1 Å². The minimum absolute atomic E-state index is 0.0486. The van der Waals surface area contributed by atoms with E-state index in [1.807, 2.05) is 43.0 Å². The van der Waals surface area contributed by atoms with E-state index in [4.69, 9.17) is 9.26 Å². The first kappa shape index (κ1) is 17.3. The summed E-state index contributed by atoms with van der Waals surface area (Å²) in [6.07, 6.45) is 1.81. The van der Waals surface area contributed by atoms with Gasteiger partial charge in [-0.1, -0.05) is 5.16 Å². The molecule has 1 fully saturated rings. The van der Waals surface area contributed by atoms with Crippen LogP contribution in [-0.4, -0.2) is 42.3 Å². The number of anilines is 1. The summed E-state index contributed by atoms with van der Waals surface area (Å²) in [5.41, 5.74) is 0.863. The summed E-state index contributed by atoms with van der Waals surface area (Å²) in [5, 5.41) is 7.05. The highest BCUT2D eigenvalue weighted by atomic mass is 16.5. The molecule has 1 aliphatic rings. The van der Waals surface area contributed by atoms with Crippen LogP contribution in [0.15, 0.2) is 28.8 Å². The number of nitrogens with one attached hydrogen (secondary N) is 1. The van der Waals surface area contributed by atoms with E-state index in [0.717, 1.165) is 30.7 Å². The number of ether oxygens (including phenoxy) is 1. The first-order valence-electron chi connectivity index (χ1n) is 8.60. The second-order valence-electron chi connectivity index (χ2n) is 6.58. The Bertz CT molecular complexity index is 711. The number of benzene rings is 1. The molecule has 25 heavy (non-hydrogen) atoms. The molecule has 3 rings (SSSR count). The molecule has 7 heteroatoms. The highest BCUT2D eigenvalue weighted by molar-refractivity contribution is 5.79. The Morgan fingerprint density at radius 3 is 2.80 bits per heavy atom. The Labute approximate surface area is 147 Å². The molecule has 134 valence electrons. The number of hydrogen-bond acceptors (Lipinski definition) is 6. The molecule has 1 amide bonds. The zero-order valence-electron chi connectivity index (χ0n) is 14.9. The standard InChI is InChI=1S/C18H24N4O3/c1-12(2)19-17(23)14-5-4-10-22(11-14)18-20-16(21-25-18)13-6-8-15(24-3)9-7-13/h6-9,12,14H,4-5,10-11H2,1-3H3,(H,19,23). The molecule has 1 aromatic heterocycles. The van der Waals surface area contributed by atoms with Crippen molar-refractivity contribution in [2.24, 2.45) is 5.92 Å². The van der Waals surface area contributed by atoms with Crippen molar-refractivity contribution in [2.45, 2.75) is 32.7 Å². The number of carbonyl (C=O) groups excluding carboxylic acids is 1. The fraction of sp³-hybridized carbons (Fsp3) is 0.500. The van der Waals surface area contributed by atoms with Crippen LogP contribution in [-0.2, 0) is 4.79 Å². The van der Waals surface area contributed by atoms with Crippen molar-refractivity contribution in [2.75, 3.05) is 25.1 Å². The molecule has 0 radical (unpaired) electrons. The molecule has 1 atom stereocenters. The molecule has 1 saturated heterocycles. The molecule has 1 aromatic carbocycles. The normalized spacial score (nSPS) is 17.6. The van der Waals surface area contributed by atoms with Crippen LogP contribution in [0.3, 0.4) is 0 Å². The average molecular weight is 344 g/mol. The molecule has 0 saturated carbocycles. The Balaban J connectivity index is 1.69. The summed E-state index contributed by atoms with van der Waals surface area (Å²) in [6, 6.07) is 8.11. The predicted octanol–water partition coefficient (Wildman–Crippen LogP) is 2.49. The maximum absolute atomic E-state index is 12.3. The number of methoxy groups -OCH3 is 1. The molecule has 7 nitrogen and oxygen atoms in total. The molecule has 2 heterocycles. The van der Waals surface area contributed by atoms with Crippen LogP contribution < -0.4 is 15.0 Å². The highest BCUT2D eigenvalue weighted by Gasteiger charge is 2.28. The average Bonchev–Trinajstić information content (AvgIpc) is 3.11. The van der Waals surface area contributed by atoms with E-state index in [9.17, 15) is 4.79 Å². The van der Waals surface area contributed by atoms with Gasteiger partial charge in [0.15, 0.2) is 0 Å². The molecule has 1 aliphatic heterocycles. The minimum Gasteiger partial charge on any atom is -0.497 e. The van der Waals surface area contributed by atoms with Crippen LogP contribution in [0.5, 0.6) is 5.75 Å². The monoisotopic (exact) mass is 344 g/mol. The van der Waals surface area contributed by atoms with Crippen molar-refractivity contribution in [1.82, 2.24) is 15.5 Å². The van der Waals surface area contributed by atoms with E-state index in [-0.39, 0.29) is 17.9 Å². The van der Waals surface area contributed by atoms with E-state index in [1.165, 1.54) is 0 Å². The second-order valence-corrected chi connectivity index (χ2v) is 6.58. The van der Waals surface area contributed by atoms with E-state index in [0.29, 0.717) is 18.4 Å². The molecule has 0 bridgehead atoms. The van der Waals surface area contributed by atoms with E-state index in [1.54, 1.807) is 7.11 Å². The first-order valence-corrected chi connectivity index (χ1v) is 8.60. The van der Waals surface area contributed by atoms with Gasteiger partial charge in [-0.2, -0.15) is 4.98 Å². The van der Waals surface area contributed by atoms with Gasteiger partial charge in [-0.3, -0.25) is 4.79 Å². The van der Waals surface area contributed by atoms with E-state index in [2.05, 4.69) is 15.5 Å². The lowest BCUT2D eigenvalue weighted by Crippen LogP contribution is -2.44. The van der Waals surface area contributed by atoms with E-state index >= 15 is 0 Å². The largest absolute Gasteiger partial charge is 0.497 e. The Morgan fingerprint density at radius 2 is 2.12 bits per heavy atom. The summed E-state index contributed by atoms with van der Waals surface area (Å²) in [5.74, 6) is 1.36. The molecular weight excluding hydrogens is 320 g/mol. The number of carbonyl (C=O) groups is 1. The van der Waals surface area contributed by atoms with Crippen LogP contribution in [0.2, 0.25) is 0 Å². The topological polar surface area (TPSA) is 80.5 Å². The summed E-state index contributed by atoms with van der Waals surface area (Å²) in [7, 11) is 1.63. The SMILES string of the molecule is COc1ccc(-c2noc(N3CCCC(C(=O)NC(C)C)C3)n2)cc1. The number of aromatic nitrogens is 2. The fourth-order valence-electron chi connectivity index (χ4n) is 2.97. The van der Waals surface area contributed by atoms with Crippen LogP contribution in [0.4, 0.5) is 6.01 Å². The smallest absolute Gasteiger partial charge is 0.324 e. The van der Waals surface area contributed by atoms with E-state index < -0.39 is 0 Å². The maximum atomic E-state index is 12.3. The molecule has 1 unspecified atom stereocenters. The minimum atomic E-state index is -0.0486. The third kappa shape index (κ3) is 4.10. The van der Waals surface area contributed by atoms with Gasteiger partial charge in [-0.05, 0) is 51.0 Å². The Kier molecular flexibility index (Phi) is 5.21. The van der Waals surface area contributed by atoms with Crippen LogP contribution >= 0.6 is 0 Å². The molecule has 0 spiro atoms. The number of hydrogen-bond donors (Lipinski definition) is 1. The Hall–Kier alpha value is -2.57. The zero-order chi connectivity index (χ0) is 17.8. The van der Waals surface area contributed by atoms with Gasteiger partial charge in [0, 0.05) is 24.7 Å². The van der Waals surface area contributed by atoms with Gasteiger partial charge in [0.05, 0.1) is 13.0 Å². The van der Waals surface area contributed by atoms with Gasteiger partial charge in [0.2, 0.25) is 11.7 Å².